The number of sulfonamides is 1. The molecule has 214 valence electrons. The predicted molar refractivity (Wildman–Crippen MR) is 159 cm³/mol. The highest BCUT2D eigenvalue weighted by Gasteiger charge is 2.28. The average Bonchev–Trinajstić information content (AvgIpc) is 2.93. The molecule has 1 aromatic heterocycles. The lowest BCUT2D eigenvalue weighted by atomic mass is 10.00. The number of pyridine rings is 1. The first-order valence-corrected chi connectivity index (χ1v) is 15.4. The molecule has 0 spiro atoms. The van der Waals surface area contributed by atoms with E-state index >= 15 is 0 Å². The quantitative estimate of drug-likeness (QED) is 0.266. The fourth-order valence-electron chi connectivity index (χ4n) is 4.86. The van der Waals surface area contributed by atoms with E-state index in [0.717, 1.165) is 23.4 Å². The maximum absolute atomic E-state index is 13.6. The number of hydrogen-bond acceptors (Lipinski definition) is 7. The van der Waals surface area contributed by atoms with Crippen LogP contribution in [0.15, 0.2) is 66.7 Å². The molecule has 0 bridgehead atoms. The van der Waals surface area contributed by atoms with Gasteiger partial charge in [0.15, 0.2) is 0 Å². The summed E-state index contributed by atoms with van der Waals surface area (Å²) in [5, 5.41) is 20.6. The molecule has 0 aliphatic carbocycles. The van der Waals surface area contributed by atoms with Gasteiger partial charge in [-0.2, -0.15) is 0 Å². The molecule has 0 radical (unpaired) electrons. The van der Waals surface area contributed by atoms with Crippen LogP contribution in [0.25, 0.3) is 0 Å². The van der Waals surface area contributed by atoms with Crippen LogP contribution in [0.1, 0.15) is 47.1 Å². The Morgan fingerprint density at radius 1 is 1.07 bits per heavy atom. The number of hydrogen-bond donors (Lipinski definition) is 4. The molecule has 2 aromatic carbocycles. The monoisotopic (exact) mass is 565 g/mol. The third kappa shape index (κ3) is 8.03. The fraction of sp³-hybridized carbons (Fsp3) is 0.400. The number of nitrogens with one attached hydrogen (secondary N) is 3. The van der Waals surface area contributed by atoms with Crippen LogP contribution in [-0.4, -0.2) is 61.9 Å². The lowest BCUT2D eigenvalue weighted by Gasteiger charge is -2.29. The van der Waals surface area contributed by atoms with Gasteiger partial charge in [0.25, 0.3) is 5.91 Å². The van der Waals surface area contributed by atoms with Crippen molar-refractivity contribution in [3.05, 3.63) is 89.2 Å². The molecule has 40 heavy (non-hydrogen) atoms. The minimum atomic E-state index is -3.44. The van der Waals surface area contributed by atoms with E-state index in [4.69, 9.17) is 0 Å². The van der Waals surface area contributed by atoms with Crippen molar-refractivity contribution in [2.45, 2.75) is 51.8 Å². The normalized spacial score (nSPS) is 16.2. The van der Waals surface area contributed by atoms with Gasteiger partial charge >= 0.3 is 0 Å². The van der Waals surface area contributed by atoms with Crippen LogP contribution in [-0.2, 0) is 23.0 Å². The number of aliphatic hydroxyl groups excluding tert-OH is 1. The molecule has 2 heterocycles. The third-order valence-corrected chi connectivity index (χ3v) is 8.75. The van der Waals surface area contributed by atoms with Crippen molar-refractivity contribution >= 4 is 27.3 Å². The Balaban J connectivity index is 1.53. The van der Waals surface area contributed by atoms with Gasteiger partial charge in [-0.05, 0) is 69.0 Å². The van der Waals surface area contributed by atoms with Gasteiger partial charge < -0.3 is 21.1 Å². The second kappa shape index (κ2) is 13.7. The Morgan fingerprint density at radius 3 is 2.60 bits per heavy atom. The molecule has 1 aliphatic rings. The van der Waals surface area contributed by atoms with Gasteiger partial charge in [0.2, 0.25) is 10.0 Å². The first-order valence-electron chi connectivity index (χ1n) is 13.8. The molecular formula is C30H39N5O4S. The summed E-state index contributed by atoms with van der Waals surface area (Å²) in [6, 6.07) is 20.0. The van der Waals surface area contributed by atoms with Gasteiger partial charge in [-0.3, -0.25) is 14.1 Å². The smallest absolute Gasteiger partial charge is 0.251 e. The summed E-state index contributed by atoms with van der Waals surface area (Å²) in [5.41, 5.74) is 4.24. The molecular weight excluding hydrogens is 526 g/mol. The highest BCUT2D eigenvalue weighted by Crippen LogP contribution is 2.28. The molecule has 1 fully saturated rings. The van der Waals surface area contributed by atoms with Gasteiger partial charge in [0, 0.05) is 43.1 Å². The zero-order valence-corrected chi connectivity index (χ0v) is 24.0. The number of amides is 1. The largest absolute Gasteiger partial charge is 0.390 e. The second-order valence-corrected chi connectivity index (χ2v) is 12.1. The van der Waals surface area contributed by atoms with Gasteiger partial charge in [-0.1, -0.05) is 36.4 Å². The Labute approximate surface area is 237 Å². The van der Waals surface area contributed by atoms with Crippen molar-refractivity contribution in [1.29, 1.82) is 0 Å². The maximum atomic E-state index is 13.6. The van der Waals surface area contributed by atoms with Crippen molar-refractivity contribution in [2.24, 2.45) is 0 Å². The minimum Gasteiger partial charge on any atom is -0.390 e. The van der Waals surface area contributed by atoms with Crippen molar-refractivity contribution in [3.63, 3.8) is 0 Å². The number of carbonyl (C=O) groups excluding carboxylic acids is 1. The Hall–Kier alpha value is -3.47. The molecule has 4 rings (SSSR count). The van der Waals surface area contributed by atoms with E-state index < -0.39 is 22.2 Å². The van der Waals surface area contributed by atoms with Crippen molar-refractivity contribution < 1.29 is 18.3 Å². The van der Waals surface area contributed by atoms with Gasteiger partial charge in [0.1, 0.15) is 0 Å². The second-order valence-electron chi connectivity index (χ2n) is 10.1. The topological polar surface area (TPSA) is 124 Å². The van der Waals surface area contributed by atoms with E-state index in [9.17, 15) is 18.3 Å². The highest BCUT2D eigenvalue weighted by molar-refractivity contribution is 7.92. The summed E-state index contributed by atoms with van der Waals surface area (Å²) in [6.45, 7) is 5.62. The maximum Gasteiger partial charge on any atom is 0.251 e. The molecule has 2 atom stereocenters. The fourth-order valence-corrected chi connectivity index (χ4v) is 6.49. The molecule has 3 aromatic rings. The van der Waals surface area contributed by atoms with Gasteiger partial charge in [-0.25, -0.2) is 8.42 Å². The van der Waals surface area contributed by atoms with E-state index in [1.54, 1.807) is 18.2 Å². The van der Waals surface area contributed by atoms with E-state index in [1.165, 1.54) is 4.31 Å². The van der Waals surface area contributed by atoms with Crippen LogP contribution in [0.5, 0.6) is 0 Å². The van der Waals surface area contributed by atoms with Crippen LogP contribution in [0.3, 0.4) is 0 Å². The summed E-state index contributed by atoms with van der Waals surface area (Å²) in [7, 11) is -3.44. The van der Waals surface area contributed by atoms with Crippen molar-refractivity contribution in [2.75, 3.05) is 35.0 Å². The predicted octanol–water partition coefficient (Wildman–Crippen LogP) is 3.24. The summed E-state index contributed by atoms with van der Waals surface area (Å²) < 4.78 is 27.0. The summed E-state index contributed by atoms with van der Waals surface area (Å²) >= 11 is 0. The average molecular weight is 566 g/mol. The number of aromatic nitrogens is 1. The standard InChI is InChI=1S/C30H39N5O4S/c1-3-32-26-17-24(18-27(19-26)35-14-7-8-15-40(35,38)39)30(37)34-28(16-23-11-5-4-6-12-23)29(36)21-31-20-25-13-9-10-22(2)33-25/h4-6,9-13,17-19,28-29,31-32,36H,3,7-8,14-16,20-21H2,1-2H3,(H,34,37)/t28-,29+/m0/s1. The Kier molecular flexibility index (Phi) is 10.1. The number of aliphatic hydroxyl groups is 1. The number of rotatable bonds is 12. The molecule has 9 nitrogen and oxygen atoms in total. The number of carbonyl (C=O) groups is 1. The van der Waals surface area contributed by atoms with E-state index in [-0.39, 0.29) is 18.2 Å². The number of aryl methyl sites for hydroxylation is 1. The van der Waals surface area contributed by atoms with Gasteiger partial charge in [0.05, 0.1) is 29.3 Å². The first kappa shape index (κ1) is 29.5. The summed E-state index contributed by atoms with van der Waals surface area (Å²) in [4.78, 5) is 18.1. The van der Waals surface area contributed by atoms with Crippen LogP contribution < -0.4 is 20.3 Å². The summed E-state index contributed by atoms with van der Waals surface area (Å²) in [6.07, 6.45) is 0.945. The van der Waals surface area contributed by atoms with Crippen LogP contribution in [0.2, 0.25) is 0 Å². The van der Waals surface area contributed by atoms with E-state index in [2.05, 4.69) is 20.9 Å². The van der Waals surface area contributed by atoms with Crippen LogP contribution in [0.4, 0.5) is 11.4 Å². The summed E-state index contributed by atoms with van der Waals surface area (Å²) in [5.74, 6) is -0.285. The molecule has 1 amide bonds. The molecule has 0 unspecified atom stereocenters. The minimum absolute atomic E-state index is 0.0936. The number of anilines is 2. The van der Waals surface area contributed by atoms with Crippen molar-refractivity contribution in [3.8, 4) is 0 Å². The van der Waals surface area contributed by atoms with E-state index in [0.29, 0.717) is 49.4 Å². The lowest BCUT2D eigenvalue weighted by Crippen LogP contribution is -2.48. The lowest BCUT2D eigenvalue weighted by molar-refractivity contribution is 0.0830. The SMILES string of the molecule is CCNc1cc(C(=O)N[C@@H](Cc2ccccc2)[C@H](O)CNCc2cccc(C)n2)cc(N2CCCCS2(=O)=O)c1. The third-order valence-electron chi connectivity index (χ3n) is 6.88. The molecule has 4 N–H and O–H groups in total. The first-order chi connectivity index (χ1) is 19.2. The Morgan fingerprint density at radius 2 is 1.88 bits per heavy atom. The number of benzene rings is 2. The molecule has 1 aliphatic heterocycles. The van der Waals surface area contributed by atoms with Gasteiger partial charge in [-0.15, -0.1) is 0 Å². The zero-order chi connectivity index (χ0) is 28.5. The zero-order valence-electron chi connectivity index (χ0n) is 23.1. The van der Waals surface area contributed by atoms with Crippen molar-refractivity contribution in [1.82, 2.24) is 15.6 Å². The van der Waals surface area contributed by atoms with E-state index in [1.807, 2.05) is 62.4 Å². The molecule has 0 saturated carbocycles. The van der Waals surface area contributed by atoms with Crippen LogP contribution in [0, 0.1) is 6.92 Å². The molecule has 10 heteroatoms. The molecule has 1 saturated heterocycles. The number of nitrogens with zero attached hydrogens (tertiary/aromatic N) is 2. The Bertz CT molecular complexity index is 1380. The highest BCUT2D eigenvalue weighted by atomic mass is 32.2. The van der Waals surface area contributed by atoms with Crippen LogP contribution >= 0.6 is 0 Å².